The van der Waals surface area contributed by atoms with E-state index in [0.29, 0.717) is 29.3 Å². The molecule has 0 unspecified atom stereocenters. The van der Waals surface area contributed by atoms with Crippen LogP contribution in [0.1, 0.15) is 73.1 Å². The molecule has 1 aromatic carbocycles. The molecule has 29 heavy (non-hydrogen) atoms. The van der Waals surface area contributed by atoms with Crippen molar-refractivity contribution in [1.29, 1.82) is 0 Å². The number of rotatable bonds is 5. The first kappa shape index (κ1) is 20.1. The van der Waals surface area contributed by atoms with Gasteiger partial charge in [-0.15, -0.1) is 11.3 Å². The predicted molar refractivity (Wildman–Crippen MR) is 117 cm³/mol. The maximum absolute atomic E-state index is 13.0. The number of thiophene rings is 1. The summed E-state index contributed by atoms with van der Waals surface area (Å²) in [5, 5.41) is 17.8. The van der Waals surface area contributed by atoms with Crippen molar-refractivity contribution in [2.24, 2.45) is 11.3 Å². The van der Waals surface area contributed by atoms with E-state index in [1.807, 2.05) is 13.0 Å². The van der Waals surface area contributed by atoms with E-state index in [1.165, 1.54) is 10.4 Å². The van der Waals surface area contributed by atoms with Crippen molar-refractivity contribution in [3.63, 3.8) is 0 Å². The number of hydrogen-bond donors (Lipinski definition) is 3. The van der Waals surface area contributed by atoms with Crippen LogP contribution >= 0.6 is 11.3 Å². The van der Waals surface area contributed by atoms with Crippen LogP contribution < -0.4 is 15.4 Å². The fourth-order valence-electron chi connectivity index (χ4n) is 4.43. The van der Waals surface area contributed by atoms with Gasteiger partial charge in [-0.1, -0.05) is 27.2 Å². The summed E-state index contributed by atoms with van der Waals surface area (Å²) < 4.78 is 5.44. The normalized spacial score (nSPS) is 21.0. The van der Waals surface area contributed by atoms with Crippen LogP contribution in [0.4, 0.5) is 5.00 Å². The van der Waals surface area contributed by atoms with E-state index in [-0.39, 0.29) is 11.7 Å². The first-order valence-corrected chi connectivity index (χ1v) is 11.3. The Kier molecular flexibility index (Phi) is 5.23. The second-order valence-electron chi connectivity index (χ2n) is 8.69. The molecule has 3 N–H and O–H groups in total. The summed E-state index contributed by atoms with van der Waals surface area (Å²) in [6.45, 7) is 9.41. The monoisotopic (exact) mass is 414 g/mol. The second-order valence-corrected chi connectivity index (χ2v) is 9.80. The number of carbonyl (C=O) groups is 1. The Balaban J connectivity index is 1.61. The molecular weight excluding hydrogens is 384 g/mol. The standard InChI is InChI=1S/C23H30N2O3S/c1-5-23(3,4)13-7-9-16-18(11-13)29-22-19(16)21(27)24-20(25-22)15-10-8-14(28-6-2)12-17(15)26/h8,10,12-13,20,25-26H,5-7,9,11H2,1-4H3,(H,24,27)/t13-,20+/m0/s1. The number of amides is 1. The van der Waals surface area contributed by atoms with Crippen molar-refractivity contribution >= 4 is 22.2 Å². The number of aromatic hydroxyl groups is 1. The Morgan fingerprint density at radius 1 is 1.28 bits per heavy atom. The SMILES string of the molecule is CCOc1ccc([C@@H]2NC(=O)c3c(sc4c3CC[C@H](C(C)(C)CC)C4)N2)c(O)c1. The highest BCUT2D eigenvalue weighted by Gasteiger charge is 2.37. The summed E-state index contributed by atoms with van der Waals surface area (Å²) in [5.74, 6) is 1.33. The number of benzene rings is 1. The third kappa shape index (κ3) is 3.59. The van der Waals surface area contributed by atoms with E-state index in [2.05, 4.69) is 31.4 Å². The molecular formula is C23H30N2O3S. The lowest BCUT2D eigenvalue weighted by molar-refractivity contribution is 0.0934. The summed E-state index contributed by atoms with van der Waals surface area (Å²) in [7, 11) is 0. The highest BCUT2D eigenvalue weighted by molar-refractivity contribution is 7.16. The van der Waals surface area contributed by atoms with E-state index in [4.69, 9.17) is 4.74 Å². The first-order chi connectivity index (χ1) is 13.8. The van der Waals surface area contributed by atoms with E-state index in [0.717, 1.165) is 36.2 Å². The van der Waals surface area contributed by atoms with Gasteiger partial charge in [-0.3, -0.25) is 4.79 Å². The minimum absolute atomic E-state index is 0.0530. The molecule has 2 atom stereocenters. The van der Waals surface area contributed by atoms with E-state index < -0.39 is 6.17 Å². The van der Waals surface area contributed by atoms with Crippen molar-refractivity contribution < 1.29 is 14.6 Å². The highest BCUT2D eigenvalue weighted by atomic mass is 32.1. The molecule has 0 saturated carbocycles. The first-order valence-electron chi connectivity index (χ1n) is 10.5. The number of ether oxygens (including phenoxy) is 1. The molecule has 0 saturated heterocycles. The van der Waals surface area contributed by atoms with Crippen LogP contribution in [0.25, 0.3) is 0 Å². The Labute approximate surface area is 176 Å². The van der Waals surface area contributed by atoms with Crippen LogP contribution in [0.3, 0.4) is 0 Å². The summed E-state index contributed by atoms with van der Waals surface area (Å²) in [5.41, 5.74) is 2.98. The third-order valence-corrected chi connectivity index (χ3v) is 7.87. The molecule has 6 heteroatoms. The Morgan fingerprint density at radius 3 is 2.76 bits per heavy atom. The number of hydrogen-bond acceptors (Lipinski definition) is 5. The summed E-state index contributed by atoms with van der Waals surface area (Å²) in [6.07, 6.45) is 3.85. The van der Waals surface area contributed by atoms with Gasteiger partial charge in [0.2, 0.25) is 0 Å². The minimum Gasteiger partial charge on any atom is -0.507 e. The fraction of sp³-hybridized carbons (Fsp3) is 0.522. The number of carbonyl (C=O) groups excluding carboxylic acids is 1. The predicted octanol–water partition coefficient (Wildman–Crippen LogP) is 5.25. The topological polar surface area (TPSA) is 70.6 Å². The van der Waals surface area contributed by atoms with Crippen LogP contribution in [-0.2, 0) is 12.8 Å². The maximum Gasteiger partial charge on any atom is 0.256 e. The zero-order valence-corrected chi connectivity index (χ0v) is 18.4. The van der Waals surface area contributed by atoms with Gasteiger partial charge in [-0.25, -0.2) is 0 Å². The Bertz CT molecular complexity index is 934. The fourth-order valence-corrected chi connectivity index (χ4v) is 5.79. The molecule has 1 amide bonds. The molecule has 0 fully saturated rings. The van der Waals surface area contributed by atoms with Crippen LogP contribution in [-0.4, -0.2) is 17.6 Å². The number of nitrogens with one attached hydrogen (secondary N) is 2. The van der Waals surface area contributed by atoms with Crippen LogP contribution in [0.5, 0.6) is 11.5 Å². The summed E-state index contributed by atoms with van der Waals surface area (Å²) in [4.78, 5) is 14.3. The zero-order valence-electron chi connectivity index (χ0n) is 17.6. The van der Waals surface area contributed by atoms with Gasteiger partial charge < -0.3 is 20.5 Å². The van der Waals surface area contributed by atoms with Crippen molar-refractivity contribution in [1.82, 2.24) is 5.32 Å². The molecule has 156 valence electrons. The third-order valence-electron chi connectivity index (χ3n) is 6.68. The van der Waals surface area contributed by atoms with Crippen LogP contribution in [0.2, 0.25) is 0 Å². The largest absolute Gasteiger partial charge is 0.507 e. The summed E-state index contributed by atoms with van der Waals surface area (Å²) >= 11 is 1.71. The number of anilines is 1. The Hall–Kier alpha value is -2.21. The molecule has 0 spiro atoms. The van der Waals surface area contributed by atoms with Crippen molar-refractivity contribution in [2.75, 3.05) is 11.9 Å². The van der Waals surface area contributed by atoms with Gasteiger partial charge in [0.1, 0.15) is 22.7 Å². The smallest absolute Gasteiger partial charge is 0.256 e. The van der Waals surface area contributed by atoms with Gasteiger partial charge in [0, 0.05) is 16.5 Å². The molecule has 0 radical (unpaired) electrons. The van der Waals surface area contributed by atoms with Gasteiger partial charge in [0.15, 0.2) is 0 Å². The van der Waals surface area contributed by atoms with Gasteiger partial charge in [-0.05, 0) is 55.2 Å². The van der Waals surface area contributed by atoms with Gasteiger partial charge in [-0.2, -0.15) is 0 Å². The quantitative estimate of drug-likeness (QED) is 0.625. The number of phenolic OH excluding ortho intramolecular Hbond substituents is 1. The number of phenols is 1. The lowest BCUT2D eigenvalue weighted by atomic mass is 9.69. The highest BCUT2D eigenvalue weighted by Crippen LogP contribution is 2.47. The molecule has 2 aromatic rings. The average molecular weight is 415 g/mol. The van der Waals surface area contributed by atoms with E-state index in [1.54, 1.807) is 23.5 Å². The maximum atomic E-state index is 13.0. The molecule has 1 aliphatic carbocycles. The lowest BCUT2D eigenvalue weighted by Gasteiger charge is -2.36. The van der Waals surface area contributed by atoms with E-state index >= 15 is 0 Å². The lowest BCUT2D eigenvalue weighted by Crippen LogP contribution is -2.38. The second kappa shape index (κ2) is 7.56. The molecule has 0 bridgehead atoms. The molecule has 1 aromatic heterocycles. The van der Waals surface area contributed by atoms with Gasteiger partial charge in [0.25, 0.3) is 5.91 Å². The van der Waals surface area contributed by atoms with Gasteiger partial charge >= 0.3 is 0 Å². The average Bonchev–Trinajstić information content (AvgIpc) is 3.06. The zero-order chi connectivity index (χ0) is 20.8. The van der Waals surface area contributed by atoms with Crippen molar-refractivity contribution in [3.05, 3.63) is 39.8 Å². The molecule has 2 heterocycles. The molecule has 1 aliphatic heterocycles. The van der Waals surface area contributed by atoms with Crippen LogP contribution in [0, 0.1) is 11.3 Å². The van der Waals surface area contributed by atoms with Crippen molar-refractivity contribution in [3.8, 4) is 11.5 Å². The van der Waals surface area contributed by atoms with E-state index in [9.17, 15) is 9.90 Å². The molecule has 5 nitrogen and oxygen atoms in total. The van der Waals surface area contributed by atoms with Gasteiger partial charge in [0.05, 0.1) is 12.2 Å². The molecule has 4 rings (SSSR count). The minimum atomic E-state index is -0.450. The molecule has 2 aliphatic rings. The number of fused-ring (bicyclic) bond motifs is 3. The van der Waals surface area contributed by atoms with Crippen LogP contribution in [0.15, 0.2) is 18.2 Å². The van der Waals surface area contributed by atoms with Crippen molar-refractivity contribution in [2.45, 2.75) is 59.5 Å². The summed E-state index contributed by atoms with van der Waals surface area (Å²) in [6, 6.07) is 5.22. The Morgan fingerprint density at radius 2 is 2.07 bits per heavy atom.